The molecule has 0 spiro atoms. The number of aliphatic hydroxyl groups is 1. The van der Waals surface area contributed by atoms with Crippen LogP contribution in [-0.4, -0.2) is 41.0 Å². The fourth-order valence-corrected chi connectivity index (χ4v) is 4.19. The number of aryl methyl sites for hydroxylation is 1. The largest absolute Gasteiger partial charge is 0.503 e. The van der Waals surface area contributed by atoms with Crippen molar-refractivity contribution < 1.29 is 23.8 Å². The van der Waals surface area contributed by atoms with Crippen molar-refractivity contribution in [3.05, 3.63) is 82.9 Å². The van der Waals surface area contributed by atoms with Gasteiger partial charge < -0.3 is 14.7 Å². The van der Waals surface area contributed by atoms with Crippen molar-refractivity contribution in [1.82, 2.24) is 4.90 Å². The second-order valence-electron chi connectivity index (χ2n) is 7.69. The molecule has 2 aromatic carbocycles. The number of amides is 1. The summed E-state index contributed by atoms with van der Waals surface area (Å²) < 4.78 is 20.3. The number of nitrogens with zero attached hydrogens (tertiary/aromatic N) is 1. The lowest BCUT2D eigenvalue weighted by Crippen LogP contribution is -2.37. The molecule has 2 unspecified atom stereocenters. The number of carbonyl (C=O) groups excluding carboxylic acids is 2. The van der Waals surface area contributed by atoms with Gasteiger partial charge in [0, 0.05) is 25.1 Å². The minimum Gasteiger partial charge on any atom is -0.503 e. The van der Waals surface area contributed by atoms with Gasteiger partial charge in [-0.25, -0.2) is 4.39 Å². The quantitative estimate of drug-likeness (QED) is 0.753. The third-order valence-corrected chi connectivity index (χ3v) is 5.71. The summed E-state index contributed by atoms with van der Waals surface area (Å²) in [7, 11) is 0. The second-order valence-corrected chi connectivity index (χ2v) is 7.69. The van der Waals surface area contributed by atoms with Gasteiger partial charge >= 0.3 is 0 Å². The molecule has 0 saturated carbocycles. The third kappa shape index (κ3) is 4.00. The molecule has 30 heavy (non-hydrogen) atoms. The van der Waals surface area contributed by atoms with E-state index in [0.29, 0.717) is 13.0 Å². The Balaban J connectivity index is 1.64. The fraction of sp³-hybridized carbons (Fsp3) is 0.333. The molecule has 0 aromatic heterocycles. The van der Waals surface area contributed by atoms with E-state index in [4.69, 9.17) is 4.74 Å². The van der Waals surface area contributed by atoms with Gasteiger partial charge in [-0.1, -0.05) is 48.5 Å². The number of aliphatic hydroxyl groups excluding tert-OH is 1. The van der Waals surface area contributed by atoms with Gasteiger partial charge in [0.15, 0.2) is 11.5 Å². The van der Waals surface area contributed by atoms with Crippen LogP contribution in [-0.2, 0) is 20.7 Å². The van der Waals surface area contributed by atoms with Crippen LogP contribution >= 0.6 is 0 Å². The van der Waals surface area contributed by atoms with Crippen molar-refractivity contribution in [2.24, 2.45) is 0 Å². The smallest absolute Gasteiger partial charge is 0.290 e. The van der Waals surface area contributed by atoms with E-state index < -0.39 is 23.5 Å². The summed E-state index contributed by atoms with van der Waals surface area (Å²) >= 11 is 0. The molecule has 0 bridgehead atoms. The number of hydrogen-bond donors (Lipinski definition) is 1. The van der Waals surface area contributed by atoms with Crippen LogP contribution in [0, 0.1) is 5.82 Å². The topological polar surface area (TPSA) is 66.8 Å². The zero-order valence-corrected chi connectivity index (χ0v) is 16.6. The summed E-state index contributed by atoms with van der Waals surface area (Å²) in [6.07, 6.45) is 2.08. The Bertz CT molecular complexity index is 966. The predicted octanol–water partition coefficient (Wildman–Crippen LogP) is 3.90. The molecular formula is C24H24FNO4. The monoisotopic (exact) mass is 409 g/mol. The Kier molecular flexibility index (Phi) is 5.95. The Morgan fingerprint density at radius 1 is 1.13 bits per heavy atom. The molecule has 2 aliphatic rings. The van der Waals surface area contributed by atoms with E-state index in [1.807, 2.05) is 30.3 Å². The number of rotatable bonds is 7. The molecule has 5 nitrogen and oxygen atoms in total. The molecule has 2 aliphatic heterocycles. The highest BCUT2D eigenvalue weighted by Gasteiger charge is 2.45. The first kappa shape index (κ1) is 20.3. The lowest BCUT2D eigenvalue weighted by atomic mass is 9.92. The van der Waals surface area contributed by atoms with Gasteiger partial charge in [-0.2, -0.15) is 0 Å². The lowest BCUT2D eigenvalue weighted by Gasteiger charge is -2.29. The molecule has 1 N–H and O–H groups in total. The van der Waals surface area contributed by atoms with Crippen LogP contribution in [0.25, 0.3) is 0 Å². The minimum atomic E-state index is -0.953. The van der Waals surface area contributed by atoms with Crippen LogP contribution in [0.3, 0.4) is 0 Å². The molecule has 0 aliphatic carbocycles. The Morgan fingerprint density at radius 2 is 1.87 bits per heavy atom. The van der Waals surface area contributed by atoms with Gasteiger partial charge in [-0.3, -0.25) is 9.59 Å². The number of carbonyl (C=O) groups is 2. The highest BCUT2D eigenvalue weighted by Crippen LogP contribution is 2.40. The molecule has 1 fully saturated rings. The van der Waals surface area contributed by atoms with E-state index in [2.05, 4.69) is 0 Å². The number of ether oxygens (including phenoxy) is 1. The highest BCUT2D eigenvalue weighted by molar-refractivity contribution is 6.09. The maximum atomic E-state index is 14.7. The van der Waals surface area contributed by atoms with E-state index in [0.717, 1.165) is 18.4 Å². The molecule has 1 saturated heterocycles. The van der Waals surface area contributed by atoms with Crippen LogP contribution in [0.4, 0.5) is 4.39 Å². The van der Waals surface area contributed by atoms with Gasteiger partial charge in [0.25, 0.3) is 5.91 Å². The van der Waals surface area contributed by atoms with E-state index in [9.17, 15) is 19.1 Å². The number of Topliss-reactive ketones (excluding diaryl/α,β-unsaturated/α-hetero) is 1. The molecular weight excluding hydrogens is 385 g/mol. The molecule has 6 heteroatoms. The predicted molar refractivity (Wildman–Crippen MR) is 109 cm³/mol. The van der Waals surface area contributed by atoms with Gasteiger partial charge in [0.05, 0.1) is 17.7 Å². The standard InChI is InChI=1S/C24H24FNO4/c25-19-11-5-4-10-18(19)22-21(20(27)13-12-16-7-2-1-3-8-16)23(28)24(29)26(22)15-17-9-6-14-30-17/h1-5,7-8,10-11,17,22,28H,6,9,12-15H2. The molecule has 1 amide bonds. The van der Waals surface area contributed by atoms with Crippen molar-refractivity contribution in [1.29, 1.82) is 0 Å². The Hall–Kier alpha value is -2.99. The maximum Gasteiger partial charge on any atom is 0.290 e. The first-order valence-corrected chi connectivity index (χ1v) is 10.2. The summed E-state index contributed by atoms with van der Waals surface area (Å²) in [4.78, 5) is 27.3. The van der Waals surface area contributed by atoms with Crippen molar-refractivity contribution in [3.8, 4) is 0 Å². The maximum absolute atomic E-state index is 14.7. The van der Waals surface area contributed by atoms with Crippen molar-refractivity contribution >= 4 is 11.7 Å². The summed E-state index contributed by atoms with van der Waals surface area (Å²) in [5, 5.41) is 10.6. The van der Waals surface area contributed by atoms with Gasteiger partial charge in [-0.05, 0) is 30.9 Å². The van der Waals surface area contributed by atoms with Crippen LogP contribution in [0.15, 0.2) is 65.9 Å². The SMILES string of the molecule is O=C(CCc1ccccc1)C1=C(O)C(=O)N(CC2CCCO2)C1c1ccccc1F. The number of halogens is 1. The lowest BCUT2D eigenvalue weighted by molar-refractivity contribution is -0.131. The average Bonchev–Trinajstić information content (AvgIpc) is 3.36. The molecule has 0 radical (unpaired) electrons. The average molecular weight is 409 g/mol. The molecule has 2 heterocycles. The highest BCUT2D eigenvalue weighted by atomic mass is 19.1. The Morgan fingerprint density at radius 3 is 2.57 bits per heavy atom. The number of benzene rings is 2. The zero-order valence-electron chi connectivity index (χ0n) is 16.6. The summed E-state index contributed by atoms with van der Waals surface area (Å²) in [5.74, 6) is -2.11. The van der Waals surface area contributed by atoms with Crippen molar-refractivity contribution in [2.75, 3.05) is 13.2 Å². The normalized spacial score (nSPS) is 21.5. The summed E-state index contributed by atoms with van der Waals surface area (Å²) in [6, 6.07) is 14.6. The zero-order chi connectivity index (χ0) is 21.1. The van der Waals surface area contributed by atoms with Crippen LogP contribution in [0.1, 0.15) is 36.4 Å². The van der Waals surface area contributed by atoms with Crippen molar-refractivity contribution in [3.63, 3.8) is 0 Å². The van der Waals surface area contributed by atoms with E-state index >= 15 is 0 Å². The first-order valence-electron chi connectivity index (χ1n) is 10.2. The van der Waals surface area contributed by atoms with Crippen LogP contribution in [0.2, 0.25) is 0 Å². The fourth-order valence-electron chi connectivity index (χ4n) is 4.19. The molecule has 4 rings (SSSR count). The van der Waals surface area contributed by atoms with Crippen LogP contribution < -0.4 is 0 Å². The van der Waals surface area contributed by atoms with Crippen molar-refractivity contribution in [2.45, 2.75) is 37.8 Å². The van der Waals surface area contributed by atoms with Gasteiger partial charge in [0.1, 0.15) is 5.82 Å². The minimum absolute atomic E-state index is 0.0287. The van der Waals surface area contributed by atoms with E-state index in [1.165, 1.54) is 11.0 Å². The summed E-state index contributed by atoms with van der Waals surface area (Å²) in [5.41, 5.74) is 1.16. The first-order chi connectivity index (χ1) is 14.6. The van der Waals surface area contributed by atoms with Gasteiger partial charge in [-0.15, -0.1) is 0 Å². The van der Waals surface area contributed by atoms with E-state index in [-0.39, 0.29) is 36.0 Å². The molecule has 2 atom stereocenters. The molecule has 2 aromatic rings. The third-order valence-electron chi connectivity index (χ3n) is 5.71. The molecule has 156 valence electrons. The van der Waals surface area contributed by atoms with Crippen LogP contribution in [0.5, 0.6) is 0 Å². The van der Waals surface area contributed by atoms with Gasteiger partial charge in [0.2, 0.25) is 0 Å². The summed E-state index contributed by atoms with van der Waals surface area (Å²) in [6.45, 7) is 0.816. The Labute approximate surface area is 174 Å². The number of hydrogen-bond acceptors (Lipinski definition) is 4. The number of ketones is 1. The van der Waals surface area contributed by atoms with E-state index in [1.54, 1.807) is 18.2 Å². The second kappa shape index (κ2) is 8.79.